The van der Waals surface area contributed by atoms with Gasteiger partial charge in [0.1, 0.15) is 5.82 Å². The third kappa shape index (κ3) is 2.67. The molecule has 0 spiro atoms. The number of hydrogen-bond acceptors (Lipinski definition) is 2. The fourth-order valence-corrected chi connectivity index (χ4v) is 2.15. The second-order valence-corrected chi connectivity index (χ2v) is 4.91. The summed E-state index contributed by atoms with van der Waals surface area (Å²) < 4.78 is 2.32. The van der Waals surface area contributed by atoms with Gasteiger partial charge in [-0.3, -0.25) is 0 Å². The summed E-state index contributed by atoms with van der Waals surface area (Å²) in [6, 6.07) is 8.34. The van der Waals surface area contributed by atoms with Crippen molar-refractivity contribution in [2.24, 2.45) is 11.7 Å². The SMILES string of the molecule is CC(C)Cc1nc2ccccc2n1CCCN. The average molecular weight is 231 g/mol. The van der Waals surface area contributed by atoms with Crippen molar-refractivity contribution in [2.75, 3.05) is 6.54 Å². The van der Waals surface area contributed by atoms with Crippen molar-refractivity contribution < 1.29 is 0 Å². The molecule has 0 saturated heterocycles. The number of rotatable bonds is 5. The molecule has 1 heterocycles. The van der Waals surface area contributed by atoms with Gasteiger partial charge in [0.15, 0.2) is 0 Å². The molecule has 0 saturated carbocycles. The number of benzene rings is 1. The fourth-order valence-electron chi connectivity index (χ4n) is 2.15. The quantitative estimate of drug-likeness (QED) is 0.859. The molecule has 17 heavy (non-hydrogen) atoms. The second-order valence-electron chi connectivity index (χ2n) is 4.91. The van der Waals surface area contributed by atoms with Gasteiger partial charge in [-0.15, -0.1) is 0 Å². The van der Waals surface area contributed by atoms with Gasteiger partial charge in [0, 0.05) is 13.0 Å². The molecule has 0 unspecified atom stereocenters. The van der Waals surface area contributed by atoms with E-state index in [9.17, 15) is 0 Å². The van der Waals surface area contributed by atoms with Crippen LogP contribution in [0.5, 0.6) is 0 Å². The van der Waals surface area contributed by atoms with Crippen LogP contribution >= 0.6 is 0 Å². The Hall–Kier alpha value is -1.35. The Morgan fingerprint density at radius 1 is 1.29 bits per heavy atom. The summed E-state index contributed by atoms with van der Waals surface area (Å²) in [5.41, 5.74) is 7.94. The summed E-state index contributed by atoms with van der Waals surface area (Å²) in [6.45, 7) is 6.16. The van der Waals surface area contributed by atoms with E-state index in [1.807, 2.05) is 6.07 Å². The van der Waals surface area contributed by atoms with Gasteiger partial charge in [-0.1, -0.05) is 26.0 Å². The van der Waals surface area contributed by atoms with Gasteiger partial charge in [0.25, 0.3) is 0 Å². The fraction of sp³-hybridized carbons (Fsp3) is 0.500. The number of nitrogens with two attached hydrogens (primary N) is 1. The highest BCUT2D eigenvalue weighted by molar-refractivity contribution is 5.75. The summed E-state index contributed by atoms with van der Waals surface area (Å²) in [6.07, 6.45) is 2.03. The smallest absolute Gasteiger partial charge is 0.110 e. The van der Waals surface area contributed by atoms with E-state index in [2.05, 4.69) is 36.6 Å². The van der Waals surface area contributed by atoms with Crippen molar-refractivity contribution in [3.8, 4) is 0 Å². The molecule has 2 rings (SSSR count). The van der Waals surface area contributed by atoms with Crippen LogP contribution in [0.2, 0.25) is 0 Å². The number of fused-ring (bicyclic) bond motifs is 1. The molecule has 2 N–H and O–H groups in total. The minimum atomic E-state index is 0.628. The summed E-state index contributed by atoms with van der Waals surface area (Å²) in [5, 5.41) is 0. The Kier molecular flexibility index (Phi) is 3.79. The van der Waals surface area contributed by atoms with Crippen LogP contribution in [-0.2, 0) is 13.0 Å². The zero-order valence-corrected chi connectivity index (χ0v) is 10.7. The molecule has 0 aliphatic rings. The Balaban J connectivity index is 2.41. The minimum Gasteiger partial charge on any atom is -0.330 e. The van der Waals surface area contributed by atoms with Gasteiger partial charge in [-0.2, -0.15) is 0 Å². The van der Waals surface area contributed by atoms with E-state index in [-0.39, 0.29) is 0 Å². The molecule has 0 bridgehead atoms. The molecule has 3 nitrogen and oxygen atoms in total. The third-order valence-electron chi connectivity index (χ3n) is 2.91. The Morgan fingerprint density at radius 2 is 2.06 bits per heavy atom. The van der Waals surface area contributed by atoms with E-state index < -0.39 is 0 Å². The van der Waals surface area contributed by atoms with Crippen LogP contribution in [0.25, 0.3) is 11.0 Å². The third-order valence-corrected chi connectivity index (χ3v) is 2.91. The largest absolute Gasteiger partial charge is 0.330 e. The lowest BCUT2D eigenvalue weighted by atomic mass is 10.1. The predicted octanol–water partition coefficient (Wildman–Crippen LogP) is 2.58. The Morgan fingerprint density at radius 3 is 2.76 bits per heavy atom. The lowest BCUT2D eigenvalue weighted by Crippen LogP contribution is -2.10. The standard InChI is InChI=1S/C14H21N3/c1-11(2)10-14-16-12-6-3-4-7-13(12)17(14)9-5-8-15/h3-4,6-7,11H,5,8-10,15H2,1-2H3. The first-order valence-electron chi connectivity index (χ1n) is 6.36. The Labute approximate surface area is 103 Å². The van der Waals surface area contributed by atoms with E-state index in [1.165, 1.54) is 11.3 Å². The van der Waals surface area contributed by atoms with E-state index in [1.54, 1.807) is 0 Å². The van der Waals surface area contributed by atoms with Gasteiger partial charge in [0.2, 0.25) is 0 Å². The van der Waals surface area contributed by atoms with Crippen molar-refractivity contribution >= 4 is 11.0 Å². The van der Waals surface area contributed by atoms with Crippen LogP contribution in [0.15, 0.2) is 24.3 Å². The van der Waals surface area contributed by atoms with Crippen LogP contribution in [0, 0.1) is 5.92 Å². The van der Waals surface area contributed by atoms with E-state index in [4.69, 9.17) is 10.7 Å². The van der Waals surface area contributed by atoms with E-state index in [0.717, 1.165) is 31.4 Å². The average Bonchev–Trinajstić information content (AvgIpc) is 2.63. The Bertz CT molecular complexity index is 485. The number of para-hydroxylation sites is 2. The second kappa shape index (κ2) is 5.32. The molecule has 2 aromatic rings. The van der Waals surface area contributed by atoms with Crippen LogP contribution in [0.4, 0.5) is 0 Å². The molecule has 0 radical (unpaired) electrons. The first kappa shape index (κ1) is 12.1. The highest BCUT2D eigenvalue weighted by Gasteiger charge is 2.10. The molecular weight excluding hydrogens is 210 g/mol. The van der Waals surface area contributed by atoms with E-state index >= 15 is 0 Å². The predicted molar refractivity (Wildman–Crippen MR) is 71.9 cm³/mol. The van der Waals surface area contributed by atoms with Crippen molar-refractivity contribution in [1.29, 1.82) is 0 Å². The summed E-state index contributed by atoms with van der Waals surface area (Å²) in [4.78, 5) is 4.73. The molecule has 0 fully saturated rings. The first-order valence-corrected chi connectivity index (χ1v) is 6.36. The number of aryl methyl sites for hydroxylation is 1. The van der Waals surface area contributed by atoms with Crippen molar-refractivity contribution in [3.05, 3.63) is 30.1 Å². The van der Waals surface area contributed by atoms with Gasteiger partial charge in [-0.05, 0) is 31.0 Å². The number of aromatic nitrogens is 2. The molecule has 3 heteroatoms. The monoisotopic (exact) mass is 231 g/mol. The molecule has 92 valence electrons. The van der Waals surface area contributed by atoms with Gasteiger partial charge >= 0.3 is 0 Å². The molecule has 0 atom stereocenters. The maximum atomic E-state index is 5.61. The summed E-state index contributed by atoms with van der Waals surface area (Å²) >= 11 is 0. The molecule has 0 aliphatic carbocycles. The lowest BCUT2D eigenvalue weighted by molar-refractivity contribution is 0.568. The maximum Gasteiger partial charge on any atom is 0.110 e. The topological polar surface area (TPSA) is 43.8 Å². The van der Waals surface area contributed by atoms with E-state index in [0.29, 0.717) is 5.92 Å². The normalized spacial score (nSPS) is 11.5. The molecular formula is C14H21N3. The molecule has 0 aliphatic heterocycles. The minimum absolute atomic E-state index is 0.628. The first-order chi connectivity index (χ1) is 8.22. The highest BCUT2D eigenvalue weighted by atomic mass is 15.1. The van der Waals surface area contributed by atoms with Gasteiger partial charge in [0.05, 0.1) is 11.0 Å². The highest BCUT2D eigenvalue weighted by Crippen LogP contribution is 2.18. The molecule has 1 aromatic heterocycles. The van der Waals surface area contributed by atoms with Crippen LogP contribution in [0.3, 0.4) is 0 Å². The lowest BCUT2D eigenvalue weighted by Gasteiger charge is -2.09. The number of nitrogens with zero attached hydrogens (tertiary/aromatic N) is 2. The van der Waals surface area contributed by atoms with Crippen LogP contribution in [-0.4, -0.2) is 16.1 Å². The van der Waals surface area contributed by atoms with Gasteiger partial charge in [-0.25, -0.2) is 4.98 Å². The van der Waals surface area contributed by atoms with Crippen LogP contribution < -0.4 is 5.73 Å². The summed E-state index contributed by atoms with van der Waals surface area (Å²) in [5.74, 6) is 1.82. The zero-order chi connectivity index (χ0) is 12.3. The number of hydrogen-bond donors (Lipinski definition) is 1. The van der Waals surface area contributed by atoms with Crippen molar-refractivity contribution in [2.45, 2.75) is 33.2 Å². The van der Waals surface area contributed by atoms with Gasteiger partial charge < -0.3 is 10.3 Å². The van der Waals surface area contributed by atoms with Crippen molar-refractivity contribution in [1.82, 2.24) is 9.55 Å². The van der Waals surface area contributed by atoms with Crippen LogP contribution in [0.1, 0.15) is 26.1 Å². The zero-order valence-electron chi connectivity index (χ0n) is 10.7. The molecule has 1 aromatic carbocycles. The summed E-state index contributed by atoms with van der Waals surface area (Å²) in [7, 11) is 0. The van der Waals surface area contributed by atoms with Crippen molar-refractivity contribution in [3.63, 3.8) is 0 Å². The maximum absolute atomic E-state index is 5.61. The number of imidazole rings is 1. The molecule has 0 amide bonds.